The Morgan fingerprint density at radius 3 is 2.69 bits per heavy atom. The van der Waals surface area contributed by atoms with Crippen molar-refractivity contribution in [1.82, 2.24) is 9.80 Å². The van der Waals surface area contributed by atoms with Crippen LogP contribution in [-0.2, 0) is 11.2 Å². The van der Waals surface area contributed by atoms with Gasteiger partial charge in [-0.15, -0.1) is 11.3 Å². The van der Waals surface area contributed by atoms with Crippen LogP contribution in [0.3, 0.4) is 0 Å². The van der Waals surface area contributed by atoms with Gasteiger partial charge in [0.1, 0.15) is 19.0 Å². The molecule has 0 saturated carbocycles. The number of para-hydroxylation sites is 2. The molecule has 8 heteroatoms. The summed E-state index contributed by atoms with van der Waals surface area (Å²) in [5.41, 5.74) is 1.31. The normalized spacial score (nSPS) is 14.8. The van der Waals surface area contributed by atoms with Gasteiger partial charge in [-0.3, -0.25) is 9.59 Å². The third-order valence-electron chi connectivity index (χ3n) is 6.06. The average Bonchev–Trinajstić information content (AvgIpc) is 3.36. The minimum absolute atomic E-state index is 0.0756. The van der Waals surface area contributed by atoms with E-state index in [1.165, 1.54) is 28.0 Å². The van der Waals surface area contributed by atoms with Gasteiger partial charge in [0.25, 0.3) is 5.91 Å². The van der Waals surface area contributed by atoms with Crippen molar-refractivity contribution in [3.05, 3.63) is 81.8 Å². The van der Waals surface area contributed by atoms with Gasteiger partial charge in [-0.2, -0.15) is 0 Å². The molecule has 0 bridgehead atoms. The molecule has 0 N–H and O–H groups in total. The first-order chi connectivity index (χ1) is 17.0. The molecule has 1 aliphatic heterocycles. The summed E-state index contributed by atoms with van der Waals surface area (Å²) in [6, 6.07) is 14.7. The fourth-order valence-electron chi connectivity index (χ4n) is 4.36. The number of methoxy groups -OCH3 is 1. The van der Waals surface area contributed by atoms with Crippen LogP contribution in [0.1, 0.15) is 40.2 Å². The summed E-state index contributed by atoms with van der Waals surface area (Å²) in [4.78, 5) is 31.2. The van der Waals surface area contributed by atoms with Crippen LogP contribution in [0, 0.1) is 5.82 Å². The summed E-state index contributed by atoms with van der Waals surface area (Å²) in [7, 11) is 1.59. The average molecular weight is 497 g/mol. The molecule has 1 atom stereocenters. The number of amides is 2. The molecule has 1 unspecified atom stereocenters. The van der Waals surface area contributed by atoms with Crippen LogP contribution < -0.4 is 9.47 Å². The van der Waals surface area contributed by atoms with E-state index in [9.17, 15) is 14.0 Å². The monoisotopic (exact) mass is 496 g/mol. The predicted octanol–water partition coefficient (Wildman–Crippen LogP) is 4.95. The minimum Gasteiger partial charge on any atom is -0.493 e. The van der Waals surface area contributed by atoms with Gasteiger partial charge in [0.15, 0.2) is 11.5 Å². The number of carbonyl (C=O) groups excluding carboxylic acids is 2. The van der Waals surface area contributed by atoms with Crippen molar-refractivity contribution in [2.24, 2.45) is 0 Å². The predicted molar refractivity (Wildman–Crippen MR) is 134 cm³/mol. The molecule has 0 spiro atoms. The number of thiophene rings is 1. The van der Waals surface area contributed by atoms with Gasteiger partial charge in [-0.1, -0.05) is 25.1 Å². The van der Waals surface area contributed by atoms with Gasteiger partial charge in [0, 0.05) is 23.5 Å². The summed E-state index contributed by atoms with van der Waals surface area (Å²) in [5, 5.41) is 2.03. The Kier molecular flexibility index (Phi) is 8.02. The Morgan fingerprint density at radius 1 is 1.14 bits per heavy atom. The summed E-state index contributed by atoms with van der Waals surface area (Å²) >= 11 is 1.68. The Morgan fingerprint density at radius 2 is 1.94 bits per heavy atom. The Balaban J connectivity index is 1.53. The molecule has 3 aromatic rings. The number of hydrogen-bond acceptors (Lipinski definition) is 5. The largest absolute Gasteiger partial charge is 0.493 e. The molecule has 6 nitrogen and oxygen atoms in total. The van der Waals surface area contributed by atoms with Gasteiger partial charge < -0.3 is 19.3 Å². The highest BCUT2D eigenvalue weighted by Crippen LogP contribution is 2.35. The lowest BCUT2D eigenvalue weighted by Gasteiger charge is -2.37. The van der Waals surface area contributed by atoms with Crippen LogP contribution in [0.2, 0.25) is 0 Å². The summed E-state index contributed by atoms with van der Waals surface area (Å²) < 4.78 is 25.2. The lowest BCUT2D eigenvalue weighted by Crippen LogP contribution is -2.48. The van der Waals surface area contributed by atoms with Crippen molar-refractivity contribution in [3.63, 3.8) is 0 Å². The fourth-order valence-corrected chi connectivity index (χ4v) is 5.29. The molecule has 0 fully saturated rings. The molecule has 2 aromatic carbocycles. The second-order valence-corrected chi connectivity index (χ2v) is 9.35. The number of fused-ring (bicyclic) bond motifs is 1. The van der Waals surface area contributed by atoms with Gasteiger partial charge in [0.05, 0.1) is 13.2 Å². The van der Waals surface area contributed by atoms with E-state index < -0.39 is 5.82 Å². The van der Waals surface area contributed by atoms with Crippen molar-refractivity contribution in [3.8, 4) is 11.5 Å². The van der Waals surface area contributed by atoms with Crippen molar-refractivity contribution in [2.45, 2.75) is 25.8 Å². The van der Waals surface area contributed by atoms with E-state index in [4.69, 9.17) is 9.47 Å². The summed E-state index contributed by atoms with van der Waals surface area (Å²) in [6.07, 6.45) is 1.44. The number of halogens is 1. The molecule has 2 heterocycles. The molecule has 1 aliphatic rings. The smallest absolute Gasteiger partial charge is 0.254 e. The second-order valence-electron chi connectivity index (χ2n) is 8.35. The third-order valence-corrected chi connectivity index (χ3v) is 7.06. The van der Waals surface area contributed by atoms with Crippen LogP contribution in [0.15, 0.2) is 60.0 Å². The number of ether oxygens (including phenoxy) is 2. The maximum atomic E-state index is 13.7. The zero-order valence-corrected chi connectivity index (χ0v) is 20.7. The van der Waals surface area contributed by atoms with E-state index in [-0.39, 0.29) is 36.6 Å². The molecule has 2 amide bonds. The Bertz CT molecular complexity index is 1180. The van der Waals surface area contributed by atoms with Crippen molar-refractivity contribution in [2.75, 3.05) is 33.4 Å². The van der Waals surface area contributed by atoms with E-state index in [0.29, 0.717) is 31.0 Å². The van der Waals surface area contributed by atoms with Crippen molar-refractivity contribution in [1.29, 1.82) is 0 Å². The zero-order valence-electron chi connectivity index (χ0n) is 19.9. The maximum Gasteiger partial charge on any atom is 0.254 e. The van der Waals surface area contributed by atoms with E-state index in [1.807, 2.05) is 42.6 Å². The lowest BCUT2D eigenvalue weighted by molar-refractivity contribution is -0.135. The van der Waals surface area contributed by atoms with Gasteiger partial charge >= 0.3 is 0 Å². The number of hydrogen-bond donors (Lipinski definition) is 0. The number of carbonyl (C=O) groups is 2. The minimum atomic E-state index is -0.479. The van der Waals surface area contributed by atoms with Crippen LogP contribution in [0.4, 0.5) is 4.39 Å². The first-order valence-electron chi connectivity index (χ1n) is 11.7. The molecule has 0 radical (unpaired) electrons. The number of nitrogens with zero attached hydrogens (tertiary/aromatic N) is 2. The second kappa shape index (κ2) is 11.4. The van der Waals surface area contributed by atoms with Crippen molar-refractivity contribution < 1.29 is 23.5 Å². The third kappa shape index (κ3) is 5.65. The highest BCUT2D eigenvalue weighted by atomic mass is 32.1. The summed E-state index contributed by atoms with van der Waals surface area (Å²) in [5.74, 6) is 0.247. The molecule has 0 saturated heterocycles. The van der Waals surface area contributed by atoms with Gasteiger partial charge in [-0.05, 0) is 60.2 Å². The van der Waals surface area contributed by atoms with Gasteiger partial charge in [0.2, 0.25) is 5.91 Å². The first-order valence-corrected chi connectivity index (χ1v) is 12.6. The molecule has 4 rings (SSSR count). The van der Waals surface area contributed by atoms with E-state index in [0.717, 1.165) is 12.0 Å². The molecule has 184 valence electrons. The quantitative estimate of drug-likeness (QED) is 0.421. The standard InChI is InChI=1S/C27H29FN2O4S/c1-3-13-29(27(32)19-7-6-8-20(28)16-19)17-26(31)30-14-11-25-21(12-15-35-25)22(30)18-34-24-10-5-4-9-23(24)33-2/h4-10,12,15-16,22H,3,11,13-14,17-18H2,1-2H3. The van der Waals surface area contributed by atoms with E-state index in [1.54, 1.807) is 29.4 Å². The van der Waals surface area contributed by atoms with Crippen LogP contribution in [0.25, 0.3) is 0 Å². The Labute approximate surface area is 208 Å². The fraction of sp³-hybridized carbons (Fsp3) is 0.333. The first kappa shape index (κ1) is 24.7. The van der Waals surface area contributed by atoms with E-state index in [2.05, 4.69) is 0 Å². The van der Waals surface area contributed by atoms with Crippen LogP contribution >= 0.6 is 11.3 Å². The topological polar surface area (TPSA) is 59.1 Å². The zero-order chi connectivity index (χ0) is 24.8. The SMILES string of the molecule is CCCN(CC(=O)N1CCc2sccc2C1COc1ccccc1OC)C(=O)c1cccc(F)c1. The van der Waals surface area contributed by atoms with Crippen LogP contribution in [-0.4, -0.2) is 55.0 Å². The molecular formula is C27H29FN2O4S. The van der Waals surface area contributed by atoms with E-state index >= 15 is 0 Å². The van der Waals surface area contributed by atoms with Crippen LogP contribution in [0.5, 0.6) is 11.5 Å². The van der Waals surface area contributed by atoms with Gasteiger partial charge in [-0.25, -0.2) is 4.39 Å². The van der Waals surface area contributed by atoms with Crippen molar-refractivity contribution >= 4 is 23.2 Å². The molecule has 0 aliphatic carbocycles. The molecular weight excluding hydrogens is 467 g/mol. The number of rotatable bonds is 9. The summed E-state index contributed by atoms with van der Waals surface area (Å²) in [6.45, 7) is 3.08. The highest BCUT2D eigenvalue weighted by Gasteiger charge is 2.33. The Hall–Kier alpha value is -3.39. The molecule has 35 heavy (non-hydrogen) atoms. The molecule has 1 aromatic heterocycles. The lowest BCUT2D eigenvalue weighted by atomic mass is 10.0. The maximum absolute atomic E-state index is 13.7. The highest BCUT2D eigenvalue weighted by molar-refractivity contribution is 7.10. The number of benzene rings is 2.